The van der Waals surface area contributed by atoms with Crippen LogP contribution in [0.4, 0.5) is 4.79 Å². The molecular formula is C22H24N4O2. The lowest BCUT2D eigenvalue weighted by molar-refractivity contribution is 0.235. The molecule has 1 aromatic heterocycles. The second-order valence-corrected chi connectivity index (χ2v) is 7.06. The van der Waals surface area contributed by atoms with E-state index in [4.69, 9.17) is 0 Å². The van der Waals surface area contributed by atoms with E-state index in [0.29, 0.717) is 12.3 Å². The number of fused-ring (bicyclic) bond motifs is 1. The average molecular weight is 376 g/mol. The van der Waals surface area contributed by atoms with Gasteiger partial charge in [0.2, 0.25) is 0 Å². The number of amides is 2. The van der Waals surface area contributed by atoms with Gasteiger partial charge in [0.05, 0.1) is 11.7 Å². The highest BCUT2D eigenvalue weighted by atomic mass is 16.3. The van der Waals surface area contributed by atoms with E-state index in [0.717, 1.165) is 48.1 Å². The molecule has 0 fully saturated rings. The minimum absolute atomic E-state index is 0.0517. The molecule has 0 radical (unpaired) electrons. The van der Waals surface area contributed by atoms with E-state index in [2.05, 4.69) is 27.9 Å². The monoisotopic (exact) mass is 376 g/mol. The van der Waals surface area contributed by atoms with E-state index in [1.165, 1.54) is 0 Å². The zero-order valence-electron chi connectivity index (χ0n) is 15.6. The van der Waals surface area contributed by atoms with E-state index < -0.39 is 0 Å². The van der Waals surface area contributed by atoms with Crippen LogP contribution in [-0.2, 0) is 12.8 Å². The summed E-state index contributed by atoms with van der Waals surface area (Å²) in [5, 5.41) is 20.2. The highest BCUT2D eigenvalue weighted by Crippen LogP contribution is 2.34. The van der Waals surface area contributed by atoms with Gasteiger partial charge in [-0.3, -0.25) is 0 Å². The van der Waals surface area contributed by atoms with Gasteiger partial charge in [-0.2, -0.15) is 5.10 Å². The van der Waals surface area contributed by atoms with Crippen molar-refractivity contribution in [2.75, 3.05) is 6.54 Å². The number of urea groups is 1. The molecule has 2 amide bonds. The van der Waals surface area contributed by atoms with Gasteiger partial charge in [-0.25, -0.2) is 9.48 Å². The number of phenols is 1. The Morgan fingerprint density at radius 1 is 1.18 bits per heavy atom. The summed E-state index contributed by atoms with van der Waals surface area (Å²) in [6.45, 7) is 0.562. The van der Waals surface area contributed by atoms with Crippen molar-refractivity contribution in [3.05, 3.63) is 77.6 Å². The Labute approximate surface area is 164 Å². The van der Waals surface area contributed by atoms with E-state index >= 15 is 0 Å². The van der Waals surface area contributed by atoms with Crippen LogP contribution >= 0.6 is 0 Å². The Balaban J connectivity index is 1.28. The maximum Gasteiger partial charge on any atom is 0.315 e. The van der Waals surface area contributed by atoms with Crippen molar-refractivity contribution in [1.82, 2.24) is 20.4 Å². The summed E-state index contributed by atoms with van der Waals surface area (Å²) in [4.78, 5) is 12.3. The summed E-state index contributed by atoms with van der Waals surface area (Å²) in [5.41, 5.74) is 4.15. The average Bonchev–Trinajstić information content (AvgIpc) is 3.24. The van der Waals surface area contributed by atoms with Crippen LogP contribution in [0.5, 0.6) is 5.75 Å². The van der Waals surface area contributed by atoms with Crippen LogP contribution in [0, 0.1) is 0 Å². The number of carbonyl (C=O) groups is 1. The van der Waals surface area contributed by atoms with Crippen LogP contribution in [0.15, 0.2) is 60.9 Å². The van der Waals surface area contributed by atoms with Crippen molar-refractivity contribution in [3.63, 3.8) is 0 Å². The number of rotatable bonds is 5. The van der Waals surface area contributed by atoms with Crippen molar-refractivity contribution in [2.24, 2.45) is 0 Å². The lowest BCUT2D eigenvalue weighted by Crippen LogP contribution is -2.39. The van der Waals surface area contributed by atoms with Gasteiger partial charge in [0.1, 0.15) is 5.75 Å². The molecule has 0 spiro atoms. The number of aromatic nitrogens is 2. The lowest BCUT2D eigenvalue weighted by atomic mass is 9.87. The summed E-state index contributed by atoms with van der Waals surface area (Å²) in [7, 11) is 0. The third-order valence-corrected chi connectivity index (χ3v) is 5.19. The molecule has 1 heterocycles. The molecule has 6 heteroatoms. The van der Waals surface area contributed by atoms with Crippen molar-refractivity contribution in [2.45, 2.75) is 31.7 Å². The fourth-order valence-corrected chi connectivity index (χ4v) is 3.75. The van der Waals surface area contributed by atoms with Gasteiger partial charge in [-0.05, 0) is 66.6 Å². The van der Waals surface area contributed by atoms with Crippen molar-refractivity contribution >= 4 is 6.03 Å². The lowest BCUT2D eigenvalue weighted by Gasteiger charge is -2.27. The van der Waals surface area contributed by atoms with E-state index in [1.807, 2.05) is 41.2 Å². The minimum Gasteiger partial charge on any atom is -0.508 e. The standard InChI is InChI=1S/C22H24N4O2/c27-21-7-2-4-18-19(21)5-1-6-20(18)25-22(28)23-14-12-16-8-10-17(11-9-16)26-15-3-13-24-26/h2-4,7-11,13,15,20,27H,1,5-6,12,14H2,(H2,23,25,28). The van der Waals surface area contributed by atoms with E-state index in [1.54, 1.807) is 12.3 Å². The van der Waals surface area contributed by atoms with Crippen LogP contribution < -0.4 is 10.6 Å². The molecule has 0 aliphatic heterocycles. The number of carbonyl (C=O) groups excluding carboxylic acids is 1. The van der Waals surface area contributed by atoms with Gasteiger partial charge < -0.3 is 15.7 Å². The van der Waals surface area contributed by atoms with Crippen LogP contribution in [0.3, 0.4) is 0 Å². The van der Waals surface area contributed by atoms with Gasteiger partial charge in [0.15, 0.2) is 0 Å². The molecule has 0 bridgehead atoms. The molecule has 3 N–H and O–H groups in total. The molecule has 6 nitrogen and oxygen atoms in total. The zero-order valence-corrected chi connectivity index (χ0v) is 15.6. The Morgan fingerprint density at radius 3 is 2.82 bits per heavy atom. The smallest absolute Gasteiger partial charge is 0.315 e. The largest absolute Gasteiger partial charge is 0.508 e. The fourth-order valence-electron chi connectivity index (χ4n) is 3.75. The molecule has 4 rings (SSSR count). The third kappa shape index (κ3) is 4.01. The normalized spacial score (nSPS) is 15.6. The highest BCUT2D eigenvalue weighted by Gasteiger charge is 2.23. The molecule has 1 aliphatic rings. The summed E-state index contributed by atoms with van der Waals surface area (Å²) in [6.07, 6.45) is 7.12. The SMILES string of the molecule is O=C(NCCc1ccc(-n2cccn2)cc1)NC1CCCc2c(O)cccc21. The molecule has 144 valence electrons. The van der Waals surface area contributed by atoms with Gasteiger partial charge >= 0.3 is 6.03 Å². The van der Waals surface area contributed by atoms with Crippen LogP contribution in [0.1, 0.15) is 35.6 Å². The topological polar surface area (TPSA) is 79.2 Å². The summed E-state index contributed by atoms with van der Waals surface area (Å²) >= 11 is 0. The predicted octanol–water partition coefficient (Wildman–Crippen LogP) is 3.50. The molecule has 0 saturated carbocycles. The number of benzene rings is 2. The van der Waals surface area contributed by atoms with Crippen LogP contribution in [-0.4, -0.2) is 27.5 Å². The summed E-state index contributed by atoms with van der Waals surface area (Å²) in [5.74, 6) is 0.322. The number of phenolic OH excluding ortho intramolecular Hbond substituents is 1. The first-order valence-corrected chi connectivity index (χ1v) is 9.65. The first kappa shape index (κ1) is 18.1. The van der Waals surface area contributed by atoms with Crippen LogP contribution in [0.25, 0.3) is 5.69 Å². The minimum atomic E-state index is -0.172. The number of hydrogen-bond acceptors (Lipinski definition) is 3. The van der Waals surface area contributed by atoms with Crippen LogP contribution in [0.2, 0.25) is 0 Å². The number of nitrogens with zero attached hydrogens (tertiary/aromatic N) is 2. The van der Waals surface area contributed by atoms with Gasteiger partial charge in [-0.15, -0.1) is 0 Å². The third-order valence-electron chi connectivity index (χ3n) is 5.19. The molecule has 1 atom stereocenters. The maximum absolute atomic E-state index is 12.3. The van der Waals surface area contributed by atoms with Crippen molar-refractivity contribution < 1.29 is 9.90 Å². The Kier molecular flexibility index (Phi) is 5.28. The summed E-state index contributed by atoms with van der Waals surface area (Å²) < 4.78 is 1.81. The molecule has 2 aromatic carbocycles. The molecule has 3 aromatic rings. The number of hydrogen-bond donors (Lipinski definition) is 3. The molecule has 1 aliphatic carbocycles. The Hall–Kier alpha value is -3.28. The predicted molar refractivity (Wildman–Crippen MR) is 108 cm³/mol. The fraction of sp³-hybridized carbons (Fsp3) is 0.273. The zero-order chi connectivity index (χ0) is 19.3. The molecule has 1 unspecified atom stereocenters. The van der Waals surface area contributed by atoms with E-state index in [9.17, 15) is 9.90 Å². The molecule has 28 heavy (non-hydrogen) atoms. The first-order chi connectivity index (χ1) is 13.7. The quantitative estimate of drug-likeness (QED) is 0.638. The van der Waals surface area contributed by atoms with E-state index in [-0.39, 0.29) is 12.1 Å². The number of aromatic hydroxyl groups is 1. The maximum atomic E-state index is 12.3. The second-order valence-electron chi connectivity index (χ2n) is 7.06. The highest BCUT2D eigenvalue weighted by molar-refractivity contribution is 5.74. The Morgan fingerprint density at radius 2 is 2.04 bits per heavy atom. The van der Waals surface area contributed by atoms with Crippen molar-refractivity contribution in [3.8, 4) is 11.4 Å². The van der Waals surface area contributed by atoms with Gasteiger partial charge in [0, 0.05) is 18.9 Å². The second kappa shape index (κ2) is 8.17. The van der Waals surface area contributed by atoms with Gasteiger partial charge in [0.25, 0.3) is 0 Å². The number of nitrogens with one attached hydrogen (secondary N) is 2. The Bertz CT molecular complexity index is 936. The first-order valence-electron chi connectivity index (χ1n) is 9.65. The summed E-state index contributed by atoms with van der Waals surface area (Å²) in [6, 6.07) is 15.3. The molecular weight excluding hydrogens is 352 g/mol. The van der Waals surface area contributed by atoms with Gasteiger partial charge in [-0.1, -0.05) is 24.3 Å². The molecule has 0 saturated heterocycles. The van der Waals surface area contributed by atoms with Crippen molar-refractivity contribution in [1.29, 1.82) is 0 Å².